The number of amides is 3. The number of imidazole rings is 1. The number of fused-ring (bicyclic) bond motifs is 1. The van der Waals surface area contributed by atoms with Crippen molar-refractivity contribution in [1.29, 1.82) is 0 Å². The van der Waals surface area contributed by atoms with Crippen molar-refractivity contribution in [3.8, 4) is 0 Å². The molecular formula is C34H34ClN7O5S. The standard InChI is InChI=1S/C34H34ClN7O5S/c35-24-10-12-25(13-11-24)48-29-9-5-4-8-23(29)17-42-26(16-22-6-2-1-3-7-22)33(45)41(34(42)46)15-14-28(27(44)18-43)47-21-40-20-39-30-31(36)37-19-38-32(30)40/h1-13,19-20,26-28,43-44H,14-18,21H2,(H2,36,37,38)/t26?,27-,28+/m0/s1. The second-order valence-electron chi connectivity index (χ2n) is 11.3. The van der Waals surface area contributed by atoms with Gasteiger partial charge in [0.15, 0.2) is 11.5 Å². The molecule has 248 valence electrons. The Morgan fingerprint density at radius 2 is 1.73 bits per heavy atom. The molecule has 1 unspecified atom stereocenters. The number of nitrogens with two attached hydrogens (primary N) is 1. The first-order chi connectivity index (χ1) is 23.3. The molecule has 1 fully saturated rings. The normalized spacial score (nSPS) is 16.2. The highest BCUT2D eigenvalue weighted by Gasteiger charge is 2.45. The molecule has 6 rings (SSSR count). The summed E-state index contributed by atoms with van der Waals surface area (Å²) in [5, 5.41) is 21.0. The Morgan fingerprint density at radius 1 is 0.979 bits per heavy atom. The predicted molar refractivity (Wildman–Crippen MR) is 181 cm³/mol. The summed E-state index contributed by atoms with van der Waals surface area (Å²) in [6, 6.07) is 23.7. The minimum absolute atomic E-state index is 0.0256. The molecule has 0 spiro atoms. The van der Waals surface area contributed by atoms with Crippen LogP contribution in [0.5, 0.6) is 0 Å². The van der Waals surface area contributed by atoms with E-state index in [1.54, 1.807) is 21.2 Å². The smallest absolute Gasteiger partial charge is 0.327 e. The first kappa shape index (κ1) is 33.4. The Morgan fingerprint density at radius 3 is 2.50 bits per heavy atom. The zero-order valence-corrected chi connectivity index (χ0v) is 27.4. The number of ether oxygens (including phenoxy) is 1. The number of aliphatic hydroxyl groups excluding tert-OH is 2. The van der Waals surface area contributed by atoms with E-state index in [-0.39, 0.29) is 38.0 Å². The molecule has 5 aromatic rings. The van der Waals surface area contributed by atoms with E-state index in [0.29, 0.717) is 22.6 Å². The Labute approximate surface area is 286 Å². The second-order valence-corrected chi connectivity index (χ2v) is 12.8. The number of urea groups is 1. The van der Waals surface area contributed by atoms with Crippen LogP contribution in [0.25, 0.3) is 11.2 Å². The van der Waals surface area contributed by atoms with Gasteiger partial charge in [0, 0.05) is 34.3 Å². The molecule has 0 radical (unpaired) electrons. The molecule has 1 saturated heterocycles. The van der Waals surface area contributed by atoms with E-state index in [0.717, 1.165) is 20.9 Å². The number of hydrogen-bond acceptors (Lipinski definition) is 10. The summed E-state index contributed by atoms with van der Waals surface area (Å²) in [5.41, 5.74) is 8.56. The fourth-order valence-electron chi connectivity index (χ4n) is 5.59. The van der Waals surface area contributed by atoms with E-state index in [9.17, 15) is 19.8 Å². The number of aliphatic hydroxyl groups is 2. The molecule has 3 heterocycles. The van der Waals surface area contributed by atoms with Crippen molar-refractivity contribution in [1.82, 2.24) is 29.3 Å². The van der Waals surface area contributed by atoms with Crippen molar-refractivity contribution in [3.63, 3.8) is 0 Å². The number of aromatic nitrogens is 4. The van der Waals surface area contributed by atoms with Crippen LogP contribution in [0.4, 0.5) is 10.6 Å². The number of nitrogen functional groups attached to an aromatic ring is 1. The third kappa shape index (κ3) is 7.45. The molecule has 1 aliphatic rings. The lowest BCUT2D eigenvalue weighted by atomic mass is 10.0. The number of rotatable bonds is 14. The molecule has 14 heteroatoms. The Bertz CT molecular complexity index is 1880. The third-order valence-electron chi connectivity index (χ3n) is 8.14. The summed E-state index contributed by atoms with van der Waals surface area (Å²) in [6.07, 6.45) is 1.04. The van der Waals surface area contributed by atoms with Crippen LogP contribution in [0.2, 0.25) is 5.02 Å². The zero-order valence-electron chi connectivity index (χ0n) is 25.8. The van der Waals surface area contributed by atoms with Crippen molar-refractivity contribution >= 4 is 52.3 Å². The molecule has 3 aromatic carbocycles. The maximum Gasteiger partial charge on any atom is 0.327 e. The van der Waals surface area contributed by atoms with Gasteiger partial charge in [0.05, 0.1) is 19.0 Å². The van der Waals surface area contributed by atoms with Crippen LogP contribution < -0.4 is 5.73 Å². The van der Waals surface area contributed by atoms with Crippen molar-refractivity contribution in [2.24, 2.45) is 0 Å². The summed E-state index contributed by atoms with van der Waals surface area (Å²) in [5.74, 6) is -0.116. The number of carbonyl (C=O) groups excluding carboxylic acids is 2. The maximum absolute atomic E-state index is 14.0. The fraction of sp³-hybridized carbons (Fsp3) is 0.265. The molecule has 12 nitrogen and oxygen atoms in total. The average molecular weight is 688 g/mol. The molecule has 3 atom stereocenters. The topological polar surface area (TPSA) is 160 Å². The van der Waals surface area contributed by atoms with Crippen molar-refractivity contribution < 1.29 is 24.5 Å². The highest BCUT2D eigenvalue weighted by molar-refractivity contribution is 7.99. The quantitative estimate of drug-likeness (QED) is 0.143. The average Bonchev–Trinajstić information content (AvgIpc) is 3.62. The maximum atomic E-state index is 14.0. The number of hydrogen-bond donors (Lipinski definition) is 3. The largest absolute Gasteiger partial charge is 0.394 e. The van der Waals surface area contributed by atoms with Gasteiger partial charge in [-0.3, -0.25) is 14.3 Å². The Kier molecular flexibility index (Phi) is 10.5. The van der Waals surface area contributed by atoms with Crippen LogP contribution in [0.3, 0.4) is 0 Å². The molecule has 2 aromatic heterocycles. The van der Waals surface area contributed by atoms with Gasteiger partial charge in [0.25, 0.3) is 5.91 Å². The van der Waals surface area contributed by atoms with Gasteiger partial charge < -0.3 is 25.6 Å². The van der Waals surface area contributed by atoms with Crippen LogP contribution in [-0.2, 0) is 29.2 Å². The van der Waals surface area contributed by atoms with E-state index >= 15 is 0 Å². The highest BCUT2D eigenvalue weighted by atomic mass is 35.5. The number of halogens is 1. The summed E-state index contributed by atoms with van der Waals surface area (Å²) < 4.78 is 7.57. The van der Waals surface area contributed by atoms with Gasteiger partial charge in [0.1, 0.15) is 30.7 Å². The Balaban J connectivity index is 1.20. The number of carbonyl (C=O) groups is 2. The van der Waals surface area contributed by atoms with Crippen LogP contribution in [0.15, 0.2) is 101 Å². The first-order valence-electron chi connectivity index (χ1n) is 15.3. The van der Waals surface area contributed by atoms with E-state index in [1.165, 1.54) is 17.6 Å². The zero-order chi connectivity index (χ0) is 33.6. The SMILES string of the molecule is Nc1ncnc2c1ncn2CO[C@H](CCN1C(=O)C(Cc2ccccc2)N(Cc2ccccc2Sc2ccc(Cl)cc2)C1=O)[C@@H](O)CO. The molecule has 0 aliphatic carbocycles. The number of benzene rings is 3. The summed E-state index contributed by atoms with van der Waals surface area (Å²) in [7, 11) is 0. The van der Waals surface area contributed by atoms with Crippen molar-refractivity contribution in [2.75, 3.05) is 18.9 Å². The van der Waals surface area contributed by atoms with Gasteiger partial charge >= 0.3 is 6.03 Å². The molecule has 3 amide bonds. The summed E-state index contributed by atoms with van der Waals surface area (Å²) in [4.78, 5) is 45.1. The van der Waals surface area contributed by atoms with Crippen LogP contribution >= 0.6 is 23.4 Å². The summed E-state index contributed by atoms with van der Waals surface area (Å²) in [6.45, 7) is -0.450. The lowest BCUT2D eigenvalue weighted by Gasteiger charge is -2.25. The van der Waals surface area contributed by atoms with Crippen LogP contribution in [0.1, 0.15) is 17.5 Å². The lowest BCUT2D eigenvalue weighted by Crippen LogP contribution is -2.39. The minimum Gasteiger partial charge on any atom is -0.394 e. The first-order valence-corrected chi connectivity index (χ1v) is 16.5. The van der Waals surface area contributed by atoms with Crippen molar-refractivity contribution in [2.45, 2.75) is 54.2 Å². The van der Waals surface area contributed by atoms with E-state index in [2.05, 4.69) is 15.0 Å². The van der Waals surface area contributed by atoms with E-state index in [4.69, 9.17) is 22.1 Å². The minimum atomic E-state index is -1.26. The van der Waals surface area contributed by atoms with Gasteiger partial charge in [-0.2, -0.15) is 0 Å². The monoisotopic (exact) mass is 687 g/mol. The predicted octanol–water partition coefficient (Wildman–Crippen LogP) is 4.37. The lowest BCUT2D eigenvalue weighted by molar-refractivity contribution is -0.129. The summed E-state index contributed by atoms with van der Waals surface area (Å²) >= 11 is 7.64. The molecule has 48 heavy (non-hydrogen) atoms. The van der Waals surface area contributed by atoms with Gasteiger partial charge in [-0.25, -0.2) is 19.7 Å². The molecule has 1 aliphatic heterocycles. The number of nitrogens with zero attached hydrogens (tertiary/aromatic N) is 6. The second kappa shape index (κ2) is 15.1. The molecular weight excluding hydrogens is 654 g/mol. The number of anilines is 1. The number of imide groups is 1. The fourth-order valence-corrected chi connectivity index (χ4v) is 6.65. The highest BCUT2D eigenvalue weighted by Crippen LogP contribution is 2.33. The van der Waals surface area contributed by atoms with Crippen LogP contribution in [-0.4, -0.2) is 82.9 Å². The van der Waals surface area contributed by atoms with Crippen LogP contribution in [0, 0.1) is 0 Å². The van der Waals surface area contributed by atoms with E-state index in [1.807, 2.05) is 78.9 Å². The molecule has 4 N–H and O–H groups in total. The molecule has 0 saturated carbocycles. The van der Waals surface area contributed by atoms with Gasteiger partial charge in [-0.1, -0.05) is 71.9 Å². The Hall–Kier alpha value is -4.53. The third-order valence-corrected chi connectivity index (χ3v) is 9.52. The van der Waals surface area contributed by atoms with Gasteiger partial charge in [0.2, 0.25) is 0 Å². The van der Waals surface area contributed by atoms with Crippen molar-refractivity contribution in [3.05, 3.63) is 108 Å². The molecule has 0 bridgehead atoms. The van der Waals surface area contributed by atoms with Gasteiger partial charge in [-0.15, -0.1) is 0 Å². The van der Waals surface area contributed by atoms with E-state index < -0.39 is 30.9 Å². The van der Waals surface area contributed by atoms with Gasteiger partial charge in [-0.05, 0) is 47.9 Å².